The van der Waals surface area contributed by atoms with Crippen molar-refractivity contribution >= 4 is 11.6 Å². The first kappa shape index (κ1) is 13.2. The van der Waals surface area contributed by atoms with Gasteiger partial charge in [0.05, 0.1) is 4.92 Å². The fourth-order valence-corrected chi connectivity index (χ4v) is 1.51. The van der Waals surface area contributed by atoms with E-state index >= 15 is 0 Å². The van der Waals surface area contributed by atoms with Gasteiger partial charge in [-0.3, -0.25) is 10.1 Å². The number of nitrogens with one attached hydrogen (secondary N) is 1. The molecule has 0 spiro atoms. The molecule has 17 heavy (non-hydrogen) atoms. The number of hydrogen-bond donors (Lipinski definition) is 1. The lowest BCUT2D eigenvalue weighted by atomic mass is 10.3. The second-order valence-electron chi connectivity index (χ2n) is 3.36. The van der Waals surface area contributed by atoms with Gasteiger partial charge in [-0.05, 0) is 6.07 Å². The Morgan fingerprint density at radius 1 is 1.76 bits per heavy atom. The van der Waals surface area contributed by atoms with E-state index in [-0.39, 0.29) is 0 Å². The smallest absolute Gasteiger partial charge is 0.274 e. The molecule has 0 saturated heterocycles. The molecule has 1 aromatic heterocycles. The molecule has 0 aliphatic rings. The van der Waals surface area contributed by atoms with Gasteiger partial charge in [0.2, 0.25) is 0 Å². The second-order valence-corrected chi connectivity index (χ2v) is 3.72. The molecule has 0 fully saturated rings. The summed E-state index contributed by atoms with van der Waals surface area (Å²) < 4.78 is 0. The lowest BCUT2D eigenvalue weighted by Gasteiger charge is -2.20. The van der Waals surface area contributed by atoms with Crippen LogP contribution >= 0.6 is 11.6 Å². The van der Waals surface area contributed by atoms with Crippen LogP contribution in [0.15, 0.2) is 30.4 Å². The maximum Gasteiger partial charge on any atom is 0.274 e. The van der Waals surface area contributed by atoms with Crippen molar-refractivity contribution in [2.75, 3.05) is 14.1 Å². The molecule has 7 heteroatoms. The largest absolute Gasteiger partial charge is 0.370 e. The minimum atomic E-state index is -0.507. The third-order valence-electron chi connectivity index (χ3n) is 2.14. The number of rotatable bonds is 5. The van der Waals surface area contributed by atoms with Gasteiger partial charge < -0.3 is 10.2 Å². The van der Waals surface area contributed by atoms with Gasteiger partial charge in [-0.2, -0.15) is 0 Å². The van der Waals surface area contributed by atoms with Crippen molar-refractivity contribution < 1.29 is 4.92 Å². The Kier molecular flexibility index (Phi) is 4.71. The maximum atomic E-state index is 10.4. The summed E-state index contributed by atoms with van der Waals surface area (Å²) in [5.74, 6) is 0.398. The van der Waals surface area contributed by atoms with Crippen LogP contribution in [0.5, 0.6) is 0 Å². The van der Waals surface area contributed by atoms with Gasteiger partial charge >= 0.3 is 0 Å². The number of hydrogen-bond acceptors (Lipinski definition) is 5. The zero-order chi connectivity index (χ0) is 12.8. The third kappa shape index (κ3) is 3.92. The van der Waals surface area contributed by atoms with Crippen molar-refractivity contribution in [2.45, 2.75) is 6.54 Å². The molecule has 92 valence electrons. The van der Waals surface area contributed by atoms with Crippen LogP contribution in [-0.4, -0.2) is 28.9 Å². The molecule has 1 aromatic rings. The Labute approximate surface area is 104 Å². The van der Waals surface area contributed by atoms with Crippen LogP contribution < -0.4 is 5.32 Å². The summed E-state index contributed by atoms with van der Waals surface area (Å²) >= 11 is 5.91. The molecule has 1 rings (SSSR count). The molecule has 1 N–H and O–H groups in total. The summed E-state index contributed by atoms with van der Waals surface area (Å²) in [4.78, 5) is 15.5. The molecule has 0 radical (unpaired) electrons. The Hall–Kier alpha value is -1.82. The predicted octanol–water partition coefficient (Wildman–Crippen LogP) is 1.46. The molecule has 0 saturated carbocycles. The summed E-state index contributed by atoms with van der Waals surface area (Å²) in [6, 6.07) is 3.59. The molecule has 0 bridgehead atoms. The van der Waals surface area contributed by atoms with Gasteiger partial charge in [0.1, 0.15) is 5.15 Å². The number of aromatic nitrogens is 1. The Balaban J connectivity index is 2.81. The topological polar surface area (TPSA) is 71.3 Å². The Morgan fingerprint density at radius 2 is 2.47 bits per heavy atom. The van der Waals surface area contributed by atoms with Gasteiger partial charge in [-0.15, -0.1) is 0 Å². The van der Waals surface area contributed by atoms with Crippen LogP contribution in [0.3, 0.4) is 0 Å². The summed E-state index contributed by atoms with van der Waals surface area (Å²) in [6.07, 6.45) is 2.50. The van der Waals surface area contributed by atoms with Gasteiger partial charge in [-0.25, -0.2) is 4.98 Å². The van der Waals surface area contributed by atoms with Crippen molar-refractivity contribution in [3.63, 3.8) is 0 Å². The van der Waals surface area contributed by atoms with Crippen molar-refractivity contribution in [2.24, 2.45) is 0 Å². The molecule has 6 nitrogen and oxygen atoms in total. The van der Waals surface area contributed by atoms with Crippen molar-refractivity contribution in [3.8, 4) is 0 Å². The maximum absolute atomic E-state index is 10.4. The highest BCUT2D eigenvalue weighted by Crippen LogP contribution is 2.14. The molecule has 0 aliphatic heterocycles. The van der Waals surface area contributed by atoms with Crippen molar-refractivity contribution in [3.05, 3.63) is 51.2 Å². The highest BCUT2D eigenvalue weighted by atomic mass is 35.5. The minimum Gasteiger partial charge on any atom is -0.370 e. The molecule has 0 amide bonds. The van der Waals surface area contributed by atoms with Crippen LogP contribution in [0.4, 0.5) is 0 Å². The van der Waals surface area contributed by atoms with E-state index in [2.05, 4.69) is 10.3 Å². The number of nitro groups is 1. The summed E-state index contributed by atoms with van der Waals surface area (Å²) in [5, 5.41) is 13.6. The molecule has 0 aromatic carbocycles. The fourth-order valence-electron chi connectivity index (χ4n) is 1.33. The predicted molar refractivity (Wildman–Crippen MR) is 64.9 cm³/mol. The molecule has 0 unspecified atom stereocenters. The summed E-state index contributed by atoms with van der Waals surface area (Å²) in [5.41, 5.74) is 0.807. The minimum absolute atomic E-state index is 0.398. The zero-order valence-corrected chi connectivity index (χ0v) is 10.3. The van der Waals surface area contributed by atoms with E-state index < -0.39 is 4.92 Å². The van der Waals surface area contributed by atoms with Crippen LogP contribution in [0.2, 0.25) is 5.15 Å². The zero-order valence-electron chi connectivity index (χ0n) is 9.55. The van der Waals surface area contributed by atoms with E-state index in [1.807, 2.05) is 6.07 Å². The summed E-state index contributed by atoms with van der Waals surface area (Å²) in [7, 11) is 3.35. The van der Waals surface area contributed by atoms with E-state index in [1.165, 1.54) is 0 Å². The SMILES string of the molecule is CNC(=C[N+](=O)[O-])N(C)Cc1cccnc1Cl. The highest BCUT2D eigenvalue weighted by molar-refractivity contribution is 6.30. The highest BCUT2D eigenvalue weighted by Gasteiger charge is 2.10. The Morgan fingerprint density at radius 3 is 3.00 bits per heavy atom. The average molecular weight is 257 g/mol. The van der Waals surface area contributed by atoms with Gasteiger partial charge in [0.25, 0.3) is 6.20 Å². The van der Waals surface area contributed by atoms with E-state index in [9.17, 15) is 10.1 Å². The fraction of sp³-hybridized carbons (Fsp3) is 0.300. The molecule has 0 aliphatic carbocycles. The van der Waals surface area contributed by atoms with E-state index in [1.54, 1.807) is 31.3 Å². The molecule has 0 atom stereocenters. The number of nitrogens with zero attached hydrogens (tertiary/aromatic N) is 3. The second kappa shape index (κ2) is 6.05. The first-order chi connectivity index (χ1) is 8.04. The standard InChI is InChI=1S/C10H13ClN4O2/c1-12-9(7-15(16)17)14(2)6-8-4-3-5-13-10(8)11/h3-5,7,12H,6H2,1-2H3. The monoisotopic (exact) mass is 256 g/mol. The normalized spacial score (nSPS) is 11.1. The van der Waals surface area contributed by atoms with Gasteiger partial charge in [-0.1, -0.05) is 17.7 Å². The van der Waals surface area contributed by atoms with Crippen LogP contribution in [0.25, 0.3) is 0 Å². The van der Waals surface area contributed by atoms with Gasteiger partial charge in [0.15, 0.2) is 5.82 Å². The molecular formula is C10H13ClN4O2. The molecular weight excluding hydrogens is 244 g/mol. The lowest BCUT2D eigenvalue weighted by molar-refractivity contribution is -0.404. The average Bonchev–Trinajstić information content (AvgIpc) is 2.28. The van der Waals surface area contributed by atoms with Crippen LogP contribution in [-0.2, 0) is 6.54 Å². The van der Waals surface area contributed by atoms with E-state index in [0.29, 0.717) is 17.5 Å². The lowest BCUT2D eigenvalue weighted by Crippen LogP contribution is -2.26. The number of halogens is 1. The van der Waals surface area contributed by atoms with Crippen molar-refractivity contribution in [1.29, 1.82) is 0 Å². The molecule has 1 heterocycles. The quantitative estimate of drug-likeness (QED) is 0.491. The van der Waals surface area contributed by atoms with Gasteiger partial charge in [0, 0.05) is 32.4 Å². The van der Waals surface area contributed by atoms with Crippen LogP contribution in [0.1, 0.15) is 5.56 Å². The first-order valence-corrected chi connectivity index (χ1v) is 5.26. The van der Waals surface area contributed by atoms with E-state index in [0.717, 1.165) is 11.8 Å². The Bertz CT molecular complexity index is 436. The van der Waals surface area contributed by atoms with Crippen LogP contribution in [0, 0.1) is 10.1 Å². The third-order valence-corrected chi connectivity index (χ3v) is 2.48. The number of pyridine rings is 1. The van der Waals surface area contributed by atoms with Crippen molar-refractivity contribution in [1.82, 2.24) is 15.2 Å². The summed E-state index contributed by atoms with van der Waals surface area (Å²) in [6.45, 7) is 0.438. The first-order valence-electron chi connectivity index (χ1n) is 4.88. The van der Waals surface area contributed by atoms with E-state index in [4.69, 9.17) is 11.6 Å².